The molecule has 3 aromatic rings. The van der Waals surface area contributed by atoms with E-state index in [9.17, 15) is 8.42 Å². The first kappa shape index (κ1) is 27.7. The Kier molecular flexibility index (Phi) is 8.56. The molecule has 0 saturated heterocycles. The maximum atomic E-state index is 13.0. The molecule has 0 aliphatic heterocycles. The van der Waals surface area contributed by atoms with Gasteiger partial charge in [-0.3, -0.25) is 0 Å². The molecule has 202 valence electrons. The van der Waals surface area contributed by atoms with Gasteiger partial charge in [0.15, 0.2) is 0 Å². The number of aromatic nitrogens is 2. The topological polar surface area (TPSA) is 64.0 Å². The highest BCUT2D eigenvalue weighted by Gasteiger charge is 2.32. The average Bonchev–Trinajstić information content (AvgIpc) is 3.44. The largest absolute Gasteiger partial charge is 0.235 e. The molecule has 2 atom stereocenters. The summed E-state index contributed by atoms with van der Waals surface area (Å²) >= 11 is 19.0. The molecule has 9 heteroatoms. The van der Waals surface area contributed by atoms with Crippen LogP contribution < -0.4 is 4.72 Å². The molecule has 1 fully saturated rings. The zero-order valence-corrected chi connectivity index (χ0v) is 24.4. The van der Waals surface area contributed by atoms with Crippen LogP contribution in [-0.2, 0) is 22.9 Å². The van der Waals surface area contributed by atoms with E-state index in [2.05, 4.69) is 10.8 Å². The van der Waals surface area contributed by atoms with Crippen LogP contribution in [0.4, 0.5) is 0 Å². The van der Waals surface area contributed by atoms with Gasteiger partial charge in [0.1, 0.15) is 0 Å². The molecule has 0 spiro atoms. The maximum absolute atomic E-state index is 13.0. The minimum absolute atomic E-state index is 0.0943. The third kappa shape index (κ3) is 6.31. The highest BCUT2D eigenvalue weighted by atomic mass is 35.5. The fourth-order valence-electron chi connectivity index (χ4n) is 5.91. The van der Waals surface area contributed by atoms with Crippen LogP contribution in [0.1, 0.15) is 73.9 Å². The van der Waals surface area contributed by atoms with Crippen LogP contribution in [0.3, 0.4) is 0 Å². The normalized spacial score (nSPS) is 19.2. The zero-order chi connectivity index (χ0) is 26.9. The van der Waals surface area contributed by atoms with Crippen LogP contribution in [0.25, 0.3) is 11.8 Å². The molecule has 0 bridgehead atoms. The van der Waals surface area contributed by atoms with Crippen LogP contribution >= 0.6 is 34.8 Å². The molecule has 5 nitrogen and oxygen atoms in total. The number of hydrogen-bond acceptors (Lipinski definition) is 3. The van der Waals surface area contributed by atoms with Gasteiger partial charge in [0.05, 0.1) is 22.1 Å². The third-order valence-electron chi connectivity index (χ3n) is 7.81. The first-order valence-electron chi connectivity index (χ1n) is 13.2. The minimum Gasteiger partial charge on any atom is -0.235 e. The lowest BCUT2D eigenvalue weighted by atomic mass is 9.85. The number of hydrogen-bond donors (Lipinski definition) is 1. The van der Waals surface area contributed by atoms with Gasteiger partial charge in [0, 0.05) is 33.0 Å². The van der Waals surface area contributed by atoms with Crippen molar-refractivity contribution in [1.82, 2.24) is 14.5 Å². The monoisotopic (exact) mass is 591 g/mol. The molecule has 1 aromatic heterocycles. The smallest absolute Gasteiger partial charge is 0.234 e. The number of nitrogens with one attached hydrogen (secondary N) is 1. The second-order valence-electron chi connectivity index (χ2n) is 10.5. The van der Waals surface area contributed by atoms with Gasteiger partial charge in [-0.25, -0.2) is 17.8 Å². The highest BCUT2D eigenvalue weighted by Crippen LogP contribution is 2.40. The van der Waals surface area contributed by atoms with Crippen molar-refractivity contribution in [3.8, 4) is 5.69 Å². The third-order valence-corrected chi connectivity index (χ3v) is 9.77. The molecule has 0 amide bonds. The Morgan fingerprint density at radius 2 is 1.82 bits per heavy atom. The molecule has 2 aromatic carbocycles. The lowest BCUT2D eigenvalue weighted by Crippen LogP contribution is -2.37. The van der Waals surface area contributed by atoms with E-state index in [4.69, 9.17) is 39.9 Å². The Morgan fingerprint density at radius 3 is 2.55 bits per heavy atom. The molecular formula is C29H32Cl3N3O2S. The predicted octanol–water partition coefficient (Wildman–Crippen LogP) is 7.96. The van der Waals surface area contributed by atoms with Crippen molar-refractivity contribution < 1.29 is 8.42 Å². The summed E-state index contributed by atoms with van der Waals surface area (Å²) in [4.78, 5) is 0. The summed E-state index contributed by atoms with van der Waals surface area (Å²) in [6.45, 7) is 1.97. The van der Waals surface area contributed by atoms with Crippen molar-refractivity contribution in [2.24, 2.45) is 5.92 Å². The molecular weight excluding hydrogens is 561 g/mol. The molecule has 1 heterocycles. The van der Waals surface area contributed by atoms with Crippen LogP contribution in [0, 0.1) is 5.92 Å². The van der Waals surface area contributed by atoms with E-state index in [0.717, 1.165) is 54.6 Å². The maximum Gasteiger partial charge on any atom is 0.234 e. The Morgan fingerprint density at radius 1 is 1.05 bits per heavy atom. The van der Waals surface area contributed by atoms with E-state index >= 15 is 0 Å². The van der Waals surface area contributed by atoms with Crippen LogP contribution in [0.5, 0.6) is 0 Å². The Labute approximate surface area is 240 Å². The van der Waals surface area contributed by atoms with Gasteiger partial charge in [-0.2, -0.15) is 5.10 Å². The SMILES string of the molecule is C[C@H](NS(=O)(=O)C=Cc1nn(-c2ccc(Cl)cc2Cl)c2c1CCC2Cc1cccc(Cl)c1)C1CCCCC1. The predicted molar refractivity (Wildman–Crippen MR) is 157 cm³/mol. The lowest BCUT2D eigenvalue weighted by Gasteiger charge is -2.27. The second kappa shape index (κ2) is 11.7. The summed E-state index contributed by atoms with van der Waals surface area (Å²) in [6, 6.07) is 13.1. The Bertz CT molecular complexity index is 1450. The number of benzene rings is 2. The van der Waals surface area contributed by atoms with Crippen molar-refractivity contribution >= 4 is 50.9 Å². The lowest BCUT2D eigenvalue weighted by molar-refractivity contribution is 0.303. The molecule has 2 aliphatic rings. The summed E-state index contributed by atoms with van der Waals surface area (Å²) in [5.41, 5.74) is 4.61. The van der Waals surface area contributed by atoms with E-state index in [0.29, 0.717) is 26.7 Å². The van der Waals surface area contributed by atoms with Crippen molar-refractivity contribution in [3.63, 3.8) is 0 Å². The number of fused-ring (bicyclic) bond motifs is 1. The van der Waals surface area contributed by atoms with Crippen molar-refractivity contribution in [1.29, 1.82) is 0 Å². The second-order valence-corrected chi connectivity index (χ2v) is 13.4. The average molecular weight is 593 g/mol. The molecule has 1 unspecified atom stereocenters. The molecule has 1 N–H and O–H groups in total. The van der Waals surface area contributed by atoms with Crippen LogP contribution in [-0.4, -0.2) is 24.2 Å². The first-order valence-corrected chi connectivity index (χ1v) is 15.9. The molecule has 2 aliphatic carbocycles. The van der Waals surface area contributed by atoms with E-state index in [1.807, 2.05) is 35.9 Å². The van der Waals surface area contributed by atoms with Gasteiger partial charge in [0.25, 0.3) is 0 Å². The highest BCUT2D eigenvalue weighted by molar-refractivity contribution is 7.92. The van der Waals surface area contributed by atoms with Gasteiger partial charge in [-0.15, -0.1) is 0 Å². The molecule has 38 heavy (non-hydrogen) atoms. The Balaban J connectivity index is 1.46. The number of halogens is 3. The summed E-state index contributed by atoms with van der Waals surface area (Å²) in [5.74, 6) is 0.570. The molecule has 0 radical (unpaired) electrons. The zero-order valence-electron chi connectivity index (χ0n) is 21.3. The first-order chi connectivity index (χ1) is 18.2. The number of sulfonamides is 1. The molecule has 5 rings (SSSR count). The summed E-state index contributed by atoms with van der Waals surface area (Å²) in [6.07, 6.45) is 9.86. The fraction of sp³-hybridized carbons (Fsp3) is 0.414. The van der Waals surface area contributed by atoms with Gasteiger partial charge in [-0.05, 0) is 86.9 Å². The fourth-order valence-corrected chi connectivity index (χ4v) is 7.71. The number of rotatable bonds is 8. The van der Waals surface area contributed by atoms with Gasteiger partial charge in [-0.1, -0.05) is 66.2 Å². The van der Waals surface area contributed by atoms with E-state index in [1.54, 1.807) is 18.2 Å². The van der Waals surface area contributed by atoms with Crippen molar-refractivity contribution in [3.05, 3.63) is 85.5 Å². The Hall–Kier alpha value is -1.83. The number of nitrogens with zero attached hydrogens (tertiary/aromatic N) is 2. The standard InChI is InChI=1S/C29H32Cl3N3O2S/c1-19(21-7-3-2-4-8-21)34-38(36,37)15-14-27-25-12-10-22(16-20-6-5-9-23(30)17-20)29(25)35(33-27)28-13-11-24(31)18-26(28)32/h5-6,9,11,13-15,17-19,21-22,34H,2-4,7-8,10,12,16H2,1H3/t19-,22?/m0/s1. The summed E-state index contributed by atoms with van der Waals surface area (Å²) in [5, 5.41) is 7.85. The van der Waals surface area contributed by atoms with E-state index < -0.39 is 10.0 Å². The van der Waals surface area contributed by atoms with Crippen molar-refractivity contribution in [2.75, 3.05) is 0 Å². The van der Waals surface area contributed by atoms with E-state index in [1.165, 1.54) is 24.7 Å². The summed E-state index contributed by atoms with van der Waals surface area (Å²) < 4.78 is 30.7. The van der Waals surface area contributed by atoms with Gasteiger partial charge >= 0.3 is 0 Å². The quantitative estimate of drug-likeness (QED) is 0.289. The van der Waals surface area contributed by atoms with Crippen LogP contribution in [0.15, 0.2) is 47.9 Å². The van der Waals surface area contributed by atoms with E-state index in [-0.39, 0.29) is 12.0 Å². The summed E-state index contributed by atoms with van der Waals surface area (Å²) in [7, 11) is -3.62. The minimum atomic E-state index is -3.62. The van der Waals surface area contributed by atoms with Crippen LogP contribution in [0.2, 0.25) is 15.1 Å². The van der Waals surface area contributed by atoms with Crippen molar-refractivity contribution in [2.45, 2.75) is 70.3 Å². The molecule has 1 saturated carbocycles. The van der Waals surface area contributed by atoms with Gasteiger partial charge < -0.3 is 0 Å². The van der Waals surface area contributed by atoms with Gasteiger partial charge in [0.2, 0.25) is 10.0 Å².